The zero-order chi connectivity index (χ0) is 15.0. The Labute approximate surface area is 140 Å². The second kappa shape index (κ2) is 6.58. The number of nitrogens with one attached hydrogen (secondary N) is 1. The normalized spacial score (nSPS) is 17.2. The number of phenolic OH excluding ortho intramolecular Hbond substituents is 3. The molecule has 0 saturated carbocycles. The summed E-state index contributed by atoms with van der Waals surface area (Å²) in [6, 6.07) is 8.91. The van der Waals surface area contributed by atoms with E-state index in [1.807, 2.05) is 19.1 Å². The van der Waals surface area contributed by atoms with Crippen LogP contribution in [0.4, 0.5) is 0 Å². The summed E-state index contributed by atoms with van der Waals surface area (Å²) < 4.78 is 0. The van der Waals surface area contributed by atoms with Crippen LogP contribution in [-0.2, 0) is 6.42 Å². The molecule has 0 spiro atoms. The van der Waals surface area contributed by atoms with Gasteiger partial charge in [0.05, 0.1) is 0 Å². The van der Waals surface area contributed by atoms with E-state index in [0.717, 1.165) is 29.7 Å². The van der Waals surface area contributed by atoms with Gasteiger partial charge in [-0.3, -0.25) is 0 Å². The Morgan fingerprint density at radius 3 is 2.55 bits per heavy atom. The van der Waals surface area contributed by atoms with E-state index >= 15 is 0 Å². The smallest absolute Gasteiger partial charge is 0.160 e. The fourth-order valence-corrected chi connectivity index (χ4v) is 3.18. The number of para-hydroxylation sites is 1. The largest absolute Gasteiger partial charge is 0.508 e. The van der Waals surface area contributed by atoms with Crippen molar-refractivity contribution in [3.05, 3.63) is 52.6 Å². The quantitative estimate of drug-likeness (QED) is 0.586. The average molecular weight is 366 g/mol. The maximum absolute atomic E-state index is 10.2. The fraction of sp³-hybridized carbons (Fsp3) is 0.294. The summed E-state index contributed by atoms with van der Waals surface area (Å²) in [4.78, 5) is 0. The maximum Gasteiger partial charge on any atom is 0.160 e. The summed E-state index contributed by atoms with van der Waals surface area (Å²) in [5.74, 6) is 0.0552. The Bertz CT molecular complexity index is 688. The van der Waals surface area contributed by atoms with E-state index in [9.17, 15) is 15.3 Å². The Morgan fingerprint density at radius 1 is 1.09 bits per heavy atom. The first-order chi connectivity index (χ1) is 10.1. The molecule has 0 amide bonds. The molecule has 22 heavy (non-hydrogen) atoms. The summed E-state index contributed by atoms with van der Waals surface area (Å²) in [6.45, 7) is 3.31. The minimum Gasteiger partial charge on any atom is -0.508 e. The average Bonchev–Trinajstić information content (AvgIpc) is 2.68. The molecule has 0 aromatic heterocycles. The Morgan fingerprint density at radius 2 is 1.82 bits per heavy atom. The molecule has 2 aromatic carbocycles. The van der Waals surface area contributed by atoms with Gasteiger partial charge in [-0.15, -0.1) is 17.0 Å². The predicted molar refractivity (Wildman–Crippen MR) is 91.4 cm³/mol. The van der Waals surface area contributed by atoms with E-state index in [4.69, 9.17) is 0 Å². The summed E-state index contributed by atoms with van der Waals surface area (Å²) >= 11 is 0. The van der Waals surface area contributed by atoms with Crippen LogP contribution in [0.1, 0.15) is 28.2 Å². The monoisotopic (exact) mass is 365 g/mol. The first kappa shape index (κ1) is 16.6. The van der Waals surface area contributed by atoms with Gasteiger partial charge in [-0.1, -0.05) is 18.2 Å². The van der Waals surface area contributed by atoms with Gasteiger partial charge in [0.15, 0.2) is 11.5 Å². The van der Waals surface area contributed by atoms with Gasteiger partial charge >= 0.3 is 0 Å². The molecule has 4 nitrogen and oxygen atoms in total. The lowest BCUT2D eigenvalue weighted by molar-refractivity contribution is 0.399. The minimum atomic E-state index is -0.0795. The number of phenols is 3. The summed E-state index contributed by atoms with van der Waals surface area (Å²) in [6.07, 6.45) is 0.786. The van der Waals surface area contributed by atoms with Crippen molar-refractivity contribution >= 4 is 17.0 Å². The second-order valence-electron chi connectivity index (χ2n) is 5.51. The highest BCUT2D eigenvalue weighted by Crippen LogP contribution is 2.41. The van der Waals surface area contributed by atoms with Crippen LogP contribution in [0.25, 0.3) is 0 Å². The standard InChI is InChI=1S/C17H19NO3.BrH/c1-10-16-11(8-15(20)17(10)21)6-7-18-9-13(16)12-4-2-3-5-14(12)19;/h2-5,8,13,18-21H,6-7,9H2,1H3;1H. The third-order valence-corrected chi connectivity index (χ3v) is 4.24. The molecule has 118 valence electrons. The molecular formula is C17H20BrNO3. The SMILES string of the molecule is Br.Cc1c(O)c(O)cc2c1C(c1ccccc1O)CNCC2. The summed E-state index contributed by atoms with van der Waals surface area (Å²) in [5.41, 5.74) is 3.53. The Hall–Kier alpha value is -1.72. The van der Waals surface area contributed by atoms with Crippen molar-refractivity contribution in [3.63, 3.8) is 0 Å². The summed E-state index contributed by atoms with van der Waals surface area (Å²) in [5, 5.41) is 33.4. The number of halogens is 1. The number of hydrogen-bond acceptors (Lipinski definition) is 4. The van der Waals surface area contributed by atoms with Crippen molar-refractivity contribution < 1.29 is 15.3 Å². The van der Waals surface area contributed by atoms with E-state index in [1.165, 1.54) is 0 Å². The first-order valence-corrected chi connectivity index (χ1v) is 7.12. The van der Waals surface area contributed by atoms with Crippen LogP contribution in [0.15, 0.2) is 30.3 Å². The molecule has 1 aliphatic heterocycles. The zero-order valence-corrected chi connectivity index (χ0v) is 14.0. The highest BCUT2D eigenvalue weighted by molar-refractivity contribution is 8.93. The van der Waals surface area contributed by atoms with Gasteiger partial charge in [0, 0.05) is 18.0 Å². The molecule has 1 heterocycles. The molecule has 1 atom stereocenters. The molecule has 2 aromatic rings. The molecule has 1 unspecified atom stereocenters. The van der Waals surface area contributed by atoms with E-state index in [1.54, 1.807) is 18.2 Å². The highest BCUT2D eigenvalue weighted by atomic mass is 79.9. The Kier molecular flexibility index (Phi) is 4.98. The van der Waals surface area contributed by atoms with Gasteiger partial charge in [-0.05, 0) is 48.7 Å². The number of benzene rings is 2. The van der Waals surface area contributed by atoms with Gasteiger partial charge < -0.3 is 20.6 Å². The van der Waals surface area contributed by atoms with Crippen LogP contribution in [-0.4, -0.2) is 28.4 Å². The van der Waals surface area contributed by atoms with Crippen molar-refractivity contribution in [3.8, 4) is 17.2 Å². The Balaban J connectivity index is 0.00000176. The van der Waals surface area contributed by atoms with Crippen LogP contribution in [0.3, 0.4) is 0 Å². The molecule has 0 aliphatic carbocycles. The van der Waals surface area contributed by atoms with E-state index < -0.39 is 0 Å². The molecule has 0 bridgehead atoms. The molecule has 3 rings (SSSR count). The molecule has 4 N–H and O–H groups in total. The molecule has 0 saturated heterocycles. The third kappa shape index (κ3) is 2.78. The zero-order valence-electron chi connectivity index (χ0n) is 12.3. The van der Waals surface area contributed by atoms with E-state index in [2.05, 4.69) is 5.32 Å². The first-order valence-electron chi connectivity index (χ1n) is 7.12. The molecule has 0 fully saturated rings. The van der Waals surface area contributed by atoms with Gasteiger partial charge in [0.1, 0.15) is 5.75 Å². The maximum atomic E-state index is 10.2. The summed E-state index contributed by atoms with van der Waals surface area (Å²) in [7, 11) is 0. The van der Waals surface area contributed by atoms with Gasteiger partial charge in [0.2, 0.25) is 0 Å². The van der Waals surface area contributed by atoms with Crippen LogP contribution in [0.2, 0.25) is 0 Å². The van der Waals surface area contributed by atoms with Crippen molar-refractivity contribution in [1.82, 2.24) is 5.32 Å². The van der Waals surface area contributed by atoms with Gasteiger partial charge in [0.25, 0.3) is 0 Å². The fourth-order valence-electron chi connectivity index (χ4n) is 3.18. The lowest BCUT2D eigenvalue weighted by atomic mass is 9.84. The number of rotatable bonds is 1. The molecule has 1 aliphatic rings. The number of aromatic hydroxyl groups is 3. The van der Waals surface area contributed by atoms with E-state index in [0.29, 0.717) is 12.1 Å². The predicted octanol–water partition coefficient (Wildman–Crippen LogP) is 2.97. The van der Waals surface area contributed by atoms with Gasteiger partial charge in [-0.25, -0.2) is 0 Å². The topological polar surface area (TPSA) is 72.7 Å². The highest BCUT2D eigenvalue weighted by Gasteiger charge is 2.26. The van der Waals surface area contributed by atoms with Crippen molar-refractivity contribution in [1.29, 1.82) is 0 Å². The molecular weight excluding hydrogens is 346 g/mol. The third-order valence-electron chi connectivity index (χ3n) is 4.24. The minimum absolute atomic E-state index is 0. The van der Waals surface area contributed by atoms with E-state index in [-0.39, 0.29) is 40.1 Å². The van der Waals surface area contributed by atoms with Crippen molar-refractivity contribution in [2.45, 2.75) is 19.3 Å². The van der Waals surface area contributed by atoms with Crippen LogP contribution in [0, 0.1) is 6.92 Å². The van der Waals surface area contributed by atoms with Crippen LogP contribution >= 0.6 is 17.0 Å². The lowest BCUT2D eigenvalue weighted by Gasteiger charge is -2.22. The van der Waals surface area contributed by atoms with Crippen molar-refractivity contribution in [2.75, 3.05) is 13.1 Å². The molecule has 5 heteroatoms. The van der Waals surface area contributed by atoms with Crippen LogP contribution in [0.5, 0.6) is 17.2 Å². The molecule has 0 radical (unpaired) electrons. The lowest BCUT2D eigenvalue weighted by Crippen LogP contribution is -2.21. The number of fused-ring (bicyclic) bond motifs is 1. The van der Waals surface area contributed by atoms with Crippen molar-refractivity contribution in [2.24, 2.45) is 0 Å². The number of hydrogen-bond donors (Lipinski definition) is 4. The second-order valence-corrected chi connectivity index (χ2v) is 5.51. The van der Waals surface area contributed by atoms with Gasteiger partial charge in [-0.2, -0.15) is 0 Å². The van der Waals surface area contributed by atoms with Crippen LogP contribution < -0.4 is 5.32 Å².